The van der Waals surface area contributed by atoms with E-state index in [0.717, 1.165) is 32.1 Å². The van der Waals surface area contributed by atoms with Gasteiger partial charge in [0.15, 0.2) is 5.96 Å². The van der Waals surface area contributed by atoms with Gasteiger partial charge in [0.1, 0.15) is 0 Å². The van der Waals surface area contributed by atoms with E-state index in [9.17, 15) is 0 Å². The first-order valence-corrected chi connectivity index (χ1v) is 6.36. The van der Waals surface area contributed by atoms with Crippen LogP contribution in [0, 0.1) is 0 Å². The minimum absolute atomic E-state index is 0. The first-order valence-electron chi connectivity index (χ1n) is 6.36. The van der Waals surface area contributed by atoms with Crippen LogP contribution >= 0.6 is 24.0 Å². The second-order valence-electron chi connectivity index (χ2n) is 4.03. The number of methoxy groups -OCH3 is 1. The Kier molecular flexibility index (Phi) is 15.0. The fraction of sp³-hybridized carbons (Fsp3) is 0.917. The van der Waals surface area contributed by atoms with Crippen LogP contribution in [0.2, 0.25) is 0 Å². The van der Waals surface area contributed by atoms with Crippen molar-refractivity contribution in [2.75, 3.05) is 46.9 Å². The van der Waals surface area contributed by atoms with E-state index in [2.05, 4.69) is 41.3 Å². The third kappa shape index (κ3) is 9.90. The van der Waals surface area contributed by atoms with Crippen molar-refractivity contribution >= 4 is 29.9 Å². The predicted octanol–water partition coefficient (Wildman–Crippen LogP) is 1.15. The fourth-order valence-corrected chi connectivity index (χ4v) is 1.59. The van der Waals surface area contributed by atoms with Crippen molar-refractivity contribution in [3.8, 4) is 0 Å². The average Bonchev–Trinajstić information content (AvgIpc) is 2.33. The summed E-state index contributed by atoms with van der Waals surface area (Å²) in [7, 11) is 3.49. The van der Waals surface area contributed by atoms with Crippen LogP contribution < -0.4 is 10.6 Å². The van der Waals surface area contributed by atoms with Gasteiger partial charge in [-0.3, -0.25) is 4.99 Å². The zero-order valence-electron chi connectivity index (χ0n) is 12.3. The van der Waals surface area contributed by atoms with Gasteiger partial charge in [0.25, 0.3) is 0 Å². The molecule has 0 saturated heterocycles. The molecule has 1 atom stereocenters. The molecule has 110 valence electrons. The molecule has 0 amide bonds. The van der Waals surface area contributed by atoms with Crippen LogP contribution in [0.25, 0.3) is 0 Å². The highest BCUT2D eigenvalue weighted by Gasteiger charge is 2.04. The normalized spacial score (nSPS) is 13.1. The van der Waals surface area contributed by atoms with Gasteiger partial charge in [-0.1, -0.05) is 13.8 Å². The lowest BCUT2D eigenvalue weighted by molar-refractivity contribution is 0.179. The van der Waals surface area contributed by atoms with Gasteiger partial charge in [0, 0.05) is 33.3 Å². The van der Waals surface area contributed by atoms with Crippen molar-refractivity contribution in [1.29, 1.82) is 0 Å². The highest BCUT2D eigenvalue weighted by Crippen LogP contribution is 1.85. The molecule has 0 aliphatic rings. The maximum atomic E-state index is 5.07. The number of nitrogens with one attached hydrogen (secondary N) is 2. The summed E-state index contributed by atoms with van der Waals surface area (Å²) < 4.78 is 5.07. The SMILES string of the molecule is CCN(CC)CCNC(=NC)NC(C)COC.I. The van der Waals surface area contributed by atoms with E-state index >= 15 is 0 Å². The van der Waals surface area contributed by atoms with Crippen molar-refractivity contribution in [3.63, 3.8) is 0 Å². The monoisotopic (exact) mass is 372 g/mol. The van der Waals surface area contributed by atoms with Crippen LogP contribution in [0.3, 0.4) is 0 Å². The van der Waals surface area contributed by atoms with Crippen molar-refractivity contribution in [1.82, 2.24) is 15.5 Å². The van der Waals surface area contributed by atoms with Crippen LogP contribution in [-0.4, -0.2) is 63.8 Å². The number of nitrogens with zero attached hydrogens (tertiary/aromatic N) is 2. The number of aliphatic imine (C=N–C) groups is 1. The molecule has 0 aliphatic heterocycles. The molecule has 0 aromatic heterocycles. The quantitative estimate of drug-likeness (QED) is 0.381. The molecule has 2 N–H and O–H groups in total. The molecule has 0 spiro atoms. The number of likely N-dealkylation sites (N-methyl/N-ethyl adjacent to an activating group) is 1. The Labute approximate surface area is 129 Å². The molecule has 0 rings (SSSR count). The van der Waals surface area contributed by atoms with E-state index in [1.54, 1.807) is 14.2 Å². The smallest absolute Gasteiger partial charge is 0.191 e. The van der Waals surface area contributed by atoms with Crippen molar-refractivity contribution in [2.24, 2.45) is 4.99 Å². The summed E-state index contributed by atoms with van der Waals surface area (Å²) >= 11 is 0. The van der Waals surface area contributed by atoms with Gasteiger partial charge in [-0.25, -0.2) is 0 Å². The first-order chi connectivity index (χ1) is 8.17. The lowest BCUT2D eigenvalue weighted by Crippen LogP contribution is -2.46. The van der Waals surface area contributed by atoms with Crippen LogP contribution in [0.4, 0.5) is 0 Å². The summed E-state index contributed by atoms with van der Waals surface area (Å²) in [4.78, 5) is 6.55. The number of rotatable bonds is 8. The highest BCUT2D eigenvalue weighted by molar-refractivity contribution is 14.0. The summed E-state index contributed by atoms with van der Waals surface area (Å²) in [5.74, 6) is 0.835. The lowest BCUT2D eigenvalue weighted by atomic mass is 10.4. The van der Waals surface area contributed by atoms with Gasteiger partial charge in [-0.05, 0) is 20.0 Å². The molecule has 5 nitrogen and oxygen atoms in total. The van der Waals surface area contributed by atoms with Crippen molar-refractivity contribution in [2.45, 2.75) is 26.8 Å². The zero-order chi connectivity index (χ0) is 13.1. The highest BCUT2D eigenvalue weighted by atomic mass is 127. The molecule has 0 bridgehead atoms. The summed E-state index contributed by atoms with van der Waals surface area (Å²) in [5.41, 5.74) is 0. The Morgan fingerprint density at radius 1 is 1.33 bits per heavy atom. The van der Waals surface area contributed by atoms with Crippen LogP contribution in [-0.2, 0) is 4.74 Å². The van der Waals surface area contributed by atoms with Crippen LogP contribution in [0.1, 0.15) is 20.8 Å². The first kappa shape index (κ1) is 20.2. The predicted molar refractivity (Wildman–Crippen MR) is 89.0 cm³/mol. The Morgan fingerprint density at radius 3 is 2.39 bits per heavy atom. The third-order valence-electron chi connectivity index (χ3n) is 2.64. The Bertz CT molecular complexity index is 210. The van der Waals surface area contributed by atoms with Gasteiger partial charge >= 0.3 is 0 Å². The Hall–Kier alpha value is -0.0800. The summed E-state index contributed by atoms with van der Waals surface area (Å²) in [6, 6.07) is 0.264. The van der Waals surface area contributed by atoms with Crippen molar-refractivity contribution < 1.29 is 4.74 Å². The molecule has 18 heavy (non-hydrogen) atoms. The molecular weight excluding hydrogens is 343 g/mol. The number of hydrogen-bond acceptors (Lipinski definition) is 3. The van der Waals surface area contributed by atoms with Gasteiger partial charge in [-0.15, -0.1) is 24.0 Å². The van der Waals surface area contributed by atoms with E-state index in [0.29, 0.717) is 6.61 Å². The molecule has 0 aliphatic carbocycles. The van der Waals surface area contributed by atoms with Gasteiger partial charge < -0.3 is 20.3 Å². The molecule has 0 saturated carbocycles. The Balaban J connectivity index is 0. The summed E-state index contributed by atoms with van der Waals surface area (Å²) in [6.45, 7) is 11.2. The number of halogens is 1. The molecule has 6 heteroatoms. The largest absolute Gasteiger partial charge is 0.383 e. The van der Waals surface area contributed by atoms with E-state index in [-0.39, 0.29) is 30.0 Å². The number of guanidine groups is 1. The minimum Gasteiger partial charge on any atom is -0.383 e. The molecule has 0 aromatic rings. The van der Waals surface area contributed by atoms with E-state index in [1.165, 1.54) is 0 Å². The van der Waals surface area contributed by atoms with Crippen LogP contribution in [0.5, 0.6) is 0 Å². The fourth-order valence-electron chi connectivity index (χ4n) is 1.59. The minimum atomic E-state index is 0. The molecule has 0 fully saturated rings. The Morgan fingerprint density at radius 2 is 1.94 bits per heavy atom. The molecule has 1 unspecified atom stereocenters. The second kappa shape index (κ2) is 13.4. The van der Waals surface area contributed by atoms with Crippen molar-refractivity contribution in [3.05, 3.63) is 0 Å². The third-order valence-corrected chi connectivity index (χ3v) is 2.64. The lowest BCUT2D eigenvalue weighted by Gasteiger charge is -2.20. The average molecular weight is 372 g/mol. The van der Waals surface area contributed by atoms with E-state index in [1.807, 2.05) is 0 Å². The van der Waals surface area contributed by atoms with Crippen LogP contribution in [0.15, 0.2) is 4.99 Å². The number of ether oxygens (including phenoxy) is 1. The second-order valence-corrected chi connectivity index (χ2v) is 4.03. The summed E-state index contributed by atoms with van der Waals surface area (Å²) in [5, 5.41) is 6.57. The molecular formula is C12H29IN4O. The number of hydrogen-bond donors (Lipinski definition) is 2. The van der Waals surface area contributed by atoms with Gasteiger partial charge in [0.05, 0.1) is 6.61 Å². The molecule has 0 aromatic carbocycles. The van der Waals surface area contributed by atoms with E-state index in [4.69, 9.17) is 4.74 Å². The molecule has 0 heterocycles. The van der Waals surface area contributed by atoms with Gasteiger partial charge in [0.2, 0.25) is 0 Å². The van der Waals surface area contributed by atoms with Gasteiger partial charge in [-0.2, -0.15) is 0 Å². The maximum absolute atomic E-state index is 5.07. The molecule has 0 radical (unpaired) electrons. The topological polar surface area (TPSA) is 48.9 Å². The zero-order valence-corrected chi connectivity index (χ0v) is 14.7. The summed E-state index contributed by atoms with van der Waals surface area (Å²) in [6.07, 6.45) is 0. The van der Waals surface area contributed by atoms with E-state index < -0.39 is 0 Å². The maximum Gasteiger partial charge on any atom is 0.191 e. The standard InChI is InChI=1S/C12H28N4O.HI/c1-6-16(7-2)9-8-14-12(13-4)15-11(3)10-17-5;/h11H,6-10H2,1-5H3,(H2,13,14,15);1H.